The Morgan fingerprint density at radius 1 is 1.11 bits per heavy atom. The molecule has 0 atom stereocenters. The van der Waals surface area contributed by atoms with Gasteiger partial charge in [-0.15, -0.1) is 0 Å². The van der Waals surface area contributed by atoms with Gasteiger partial charge in [0.15, 0.2) is 0 Å². The highest BCUT2D eigenvalue weighted by atomic mass is 16.5. The zero-order valence-corrected chi connectivity index (χ0v) is 11.3. The molecule has 0 radical (unpaired) electrons. The topological polar surface area (TPSA) is 44.5 Å². The first kappa shape index (κ1) is 13.3. The molecule has 0 aromatic heterocycles. The van der Waals surface area contributed by atoms with E-state index in [0.717, 1.165) is 29.2 Å². The molecule has 0 aliphatic rings. The number of hydrogen-bond donors (Lipinski definition) is 1. The Morgan fingerprint density at radius 2 is 1.95 bits per heavy atom. The van der Waals surface area contributed by atoms with E-state index < -0.39 is 0 Å². The number of anilines is 1. The summed E-state index contributed by atoms with van der Waals surface area (Å²) >= 11 is 0. The van der Waals surface area contributed by atoms with Crippen molar-refractivity contribution in [1.29, 1.82) is 0 Å². The van der Waals surface area contributed by atoms with Crippen molar-refractivity contribution in [3.63, 3.8) is 0 Å². The van der Waals surface area contributed by atoms with Gasteiger partial charge in [-0.3, -0.25) is 0 Å². The number of hydrogen-bond acceptors (Lipinski definition) is 3. The van der Waals surface area contributed by atoms with Gasteiger partial charge in [0.1, 0.15) is 18.1 Å². The van der Waals surface area contributed by atoms with E-state index in [-0.39, 0.29) is 0 Å². The first-order chi connectivity index (χ1) is 9.22. The molecule has 0 saturated carbocycles. The van der Waals surface area contributed by atoms with Gasteiger partial charge in [-0.05, 0) is 35.7 Å². The van der Waals surface area contributed by atoms with Crippen molar-refractivity contribution >= 4 is 5.69 Å². The molecule has 0 spiro atoms. The lowest BCUT2D eigenvalue weighted by molar-refractivity contribution is 0.303. The van der Waals surface area contributed by atoms with Crippen molar-refractivity contribution in [3.8, 4) is 11.5 Å². The number of nitrogens with two attached hydrogens (primary N) is 1. The molecule has 0 heterocycles. The quantitative estimate of drug-likeness (QED) is 0.835. The second-order valence-electron chi connectivity index (χ2n) is 4.36. The Hall–Kier alpha value is -2.16. The number of aryl methyl sites for hydroxylation is 1. The lowest BCUT2D eigenvalue weighted by Gasteiger charge is -2.11. The van der Waals surface area contributed by atoms with Gasteiger partial charge < -0.3 is 15.2 Å². The van der Waals surface area contributed by atoms with Crippen LogP contribution in [0.4, 0.5) is 5.69 Å². The van der Waals surface area contributed by atoms with Gasteiger partial charge in [0.2, 0.25) is 0 Å². The van der Waals surface area contributed by atoms with Crippen LogP contribution in [0.25, 0.3) is 0 Å². The normalized spacial score (nSPS) is 10.2. The zero-order chi connectivity index (χ0) is 13.7. The van der Waals surface area contributed by atoms with Crippen LogP contribution in [0.15, 0.2) is 42.5 Å². The molecule has 2 N–H and O–H groups in total. The maximum Gasteiger partial charge on any atom is 0.125 e. The molecule has 0 saturated heterocycles. The molecule has 2 aromatic carbocycles. The molecule has 0 amide bonds. The molecule has 0 fully saturated rings. The fraction of sp³-hybridized carbons (Fsp3) is 0.250. The summed E-state index contributed by atoms with van der Waals surface area (Å²) in [7, 11) is 1.68. The molecule has 2 rings (SSSR count). The first-order valence-corrected chi connectivity index (χ1v) is 6.37. The standard InChI is InChI=1S/C16H19NO2/c1-3-13-7-8-15(10-16(13)18-2)19-11-12-5-4-6-14(17)9-12/h4-10H,3,11,17H2,1-2H3. The molecule has 0 aliphatic heterocycles. The van der Waals surface area contributed by atoms with Crippen molar-refractivity contribution in [2.24, 2.45) is 0 Å². The van der Waals surface area contributed by atoms with Crippen LogP contribution in [0.1, 0.15) is 18.1 Å². The lowest BCUT2D eigenvalue weighted by Crippen LogP contribution is -1.98. The predicted octanol–water partition coefficient (Wildman–Crippen LogP) is 3.42. The Labute approximate surface area is 114 Å². The van der Waals surface area contributed by atoms with Gasteiger partial charge in [0, 0.05) is 11.8 Å². The van der Waals surface area contributed by atoms with Gasteiger partial charge in [0.05, 0.1) is 7.11 Å². The van der Waals surface area contributed by atoms with Crippen LogP contribution < -0.4 is 15.2 Å². The Balaban J connectivity index is 2.07. The summed E-state index contributed by atoms with van der Waals surface area (Å²) in [5, 5.41) is 0. The molecule has 0 aliphatic carbocycles. The van der Waals surface area contributed by atoms with Crippen LogP contribution in [0.3, 0.4) is 0 Å². The van der Waals surface area contributed by atoms with Crippen LogP contribution in [0.5, 0.6) is 11.5 Å². The summed E-state index contributed by atoms with van der Waals surface area (Å²) in [4.78, 5) is 0. The smallest absolute Gasteiger partial charge is 0.125 e. The van der Waals surface area contributed by atoms with Gasteiger partial charge in [-0.25, -0.2) is 0 Å². The van der Waals surface area contributed by atoms with Crippen LogP contribution in [-0.4, -0.2) is 7.11 Å². The number of nitrogen functional groups attached to an aromatic ring is 1. The minimum atomic E-state index is 0.500. The van der Waals surface area contributed by atoms with E-state index in [4.69, 9.17) is 15.2 Å². The molecule has 0 bridgehead atoms. The molecule has 3 nitrogen and oxygen atoms in total. The minimum absolute atomic E-state index is 0.500. The van der Waals surface area contributed by atoms with Crippen LogP contribution in [0.2, 0.25) is 0 Å². The monoisotopic (exact) mass is 257 g/mol. The fourth-order valence-corrected chi connectivity index (χ4v) is 1.96. The van der Waals surface area contributed by atoms with Gasteiger partial charge in [0.25, 0.3) is 0 Å². The second kappa shape index (κ2) is 6.14. The molecular formula is C16H19NO2. The summed E-state index contributed by atoms with van der Waals surface area (Å²) < 4.78 is 11.1. The molecule has 0 unspecified atom stereocenters. The fourth-order valence-electron chi connectivity index (χ4n) is 1.96. The van der Waals surface area contributed by atoms with E-state index in [2.05, 4.69) is 6.92 Å². The first-order valence-electron chi connectivity index (χ1n) is 6.37. The summed E-state index contributed by atoms with van der Waals surface area (Å²) in [6, 6.07) is 13.6. The van der Waals surface area contributed by atoms with E-state index in [1.54, 1.807) is 7.11 Å². The maximum absolute atomic E-state index is 5.75. The van der Waals surface area contributed by atoms with Crippen molar-refractivity contribution in [1.82, 2.24) is 0 Å². The average Bonchev–Trinajstić information content (AvgIpc) is 2.45. The number of benzene rings is 2. The van der Waals surface area contributed by atoms with Crippen LogP contribution in [0, 0.1) is 0 Å². The number of methoxy groups -OCH3 is 1. The lowest BCUT2D eigenvalue weighted by atomic mass is 10.1. The highest BCUT2D eigenvalue weighted by Gasteiger charge is 2.04. The number of ether oxygens (including phenoxy) is 2. The van der Waals surface area contributed by atoms with Gasteiger partial charge >= 0.3 is 0 Å². The van der Waals surface area contributed by atoms with Crippen LogP contribution >= 0.6 is 0 Å². The highest BCUT2D eigenvalue weighted by Crippen LogP contribution is 2.25. The Morgan fingerprint density at radius 3 is 2.63 bits per heavy atom. The van der Waals surface area contributed by atoms with E-state index >= 15 is 0 Å². The van der Waals surface area contributed by atoms with E-state index in [1.807, 2.05) is 42.5 Å². The predicted molar refractivity (Wildman–Crippen MR) is 77.6 cm³/mol. The van der Waals surface area contributed by atoms with Crippen molar-refractivity contribution in [2.75, 3.05) is 12.8 Å². The van der Waals surface area contributed by atoms with Crippen molar-refractivity contribution in [3.05, 3.63) is 53.6 Å². The largest absolute Gasteiger partial charge is 0.496 e. The third-order valence-electron chi connectivity index (χ3n) is 3.00. The highest BCUT2D eigenvalue weighted by molar-refractivity contribution is 5.42. The van der Waals surface area contributed by atoms with Crippen molar-refractivity contribution in [2.45, 2.75) is 20.0 Å². The van der Waals surface area contributed by atoms with E-state index in [9.17, 15) is 0 Å². The molecule has 100 valence electrons. The minimum Gasteiger partial charge on any atom is -0.496 e. The SMILES string of the molecule is CCc1ccc(OCc2cccc(N)c2)cc1OC. The van der Waals surface area contributed by atoms with Gasteiger partial charge in [-0.2, -0.15) is 0 Å². The average molecular weight is 257 g/mol. The second-order valence-corrected chi connectivity index (χ2v) is 4.36. The third kappa shape index (κ3) is 3.41. The Kier molecular flexibility index (Phi) is 4.29. The molecule has 3 heteroatoms. The van der Waals surface area contributed by atoms with E-state index in [1.165, 1.54) is 5.56 Å². The van der Waals surface area contributed by atoms with E-state index in [0.29, 0.717) is 6.61 Å². The van der Waals surface area contributed by atoms with Crippen molar-refractivity contribution < 1.29 is 9.47 Å². The summed E-state index contributed by atoms with van der Waals surface area (Å²) in [6.45, 7) is 2.60. The molecular weight excluding hydrogens is 238 g/mol. The third-order valence-corrected chi connectivity index (χ3v) is 3.00. The zero-order valence-electron chi connectivity index (χ0n) is 11.3. The summed E-state index contributed by atoms with van der Waals surface area (Å²) in [6.07, 6.45) is 0.943. The molecule has 19 heavy (non-hydrogen) atoms. The van der Waals surface area contributed by atoms with Crippen LogP contribution in [-0.2, 0) is 13.0 Å². The summed E-state index contributed by atoms with van der Waals surface area (Å²) in [5.74, 6) is 1.67. The number of rotatable bonds is 5. The maximum atomic E-state index is 5.75. The van der Waals surface area contributed by atoms with Gasteiger partial charge in [-0.1, -0.05) is 25.1 Å². The Bertz CT molecular complexity index is 552. The molecule has 2 aromatic rings. The summed E-state index contributed by atoms with van der Waals surface area (Å²) in [5.41, 5.74) is 8.72.